The minimum absolute atomic E-state index is 0.312. The number of aryl methyl sites for hydroxylation is 1. The average Bonchev–Trinajstić information content (AvgIpc) is 2.85. The second kappa shape index (κ2) is 6.10. The van der Waals surface area contributed by atoms with Crippen LogP contribution in [-0.4, -0.2) is 22.7 Å². The number of guanidine groups is 1. The van der Waals surface area contributed by atoms with Gasteiger partial charge >= 0.3 is 0 Å². The van der Waals surface area contributed by atoms with E-state index in [1.807, 2.05) is 31.2 Å². The summed E-state index contributed by atoms with van der Waals surface area (Å²) < 4.78 is 0. The highest BCUT2D eigenvalue weighted by Crippen LogP contribution is 2.28. The lowest BCUT2D eigenvalue weighted by Crippen LogP contribution is -2.22. The van der Waals surface area contributed by atoms with Crippen LogP contribution in [0.15, 0.2) is 41.9 Å². The van der Waals surface area contributed by atoms with E-state index < -0.39 is 0 Å². The Morgan fingerprint density at radius 2 is 2.26 bits per heavy atom. The topological polar surface area (TPSA) is 76.2 Å². The first-order valence-corrected chi connectivity index (χ1v) is 6.59. The van der Waals surface area contributed by atoms with Gasteiger partial charge in [-0.15, -0.1) is 16.8 Å². The molecule has 19 heavy (non-hydrogen) atoms. The number of aromatic nitrogens is 2. The van der Waals surface area contributed by atoms with Crippen LogP contribution in [0.25, 0.3) is 10.6 Å². The minimum atomic E-state index is 0.312. The van der Waals surface area contributed by atoms with E-state index in [2.05, 4.69) is 27.1 Å². The number of benzene rings is 1. The smallest absolute Gasteiger partial charge is 0.212 e. The Hall–Kier alpha value is -2.21. The van der Waals surface area contributed by atoms with E-state index in [9.17, 15) is 0 Å². The van der Waals surface area contributed by atoms with Crippen LogP contribution < -0.4 is 11.1 Å². The Morgan fingerprint density at radius 1 is 1.47 bits per heavy atom. The van der Waals surface area contributed by atoms with E-state index in [1.165, 1.54) is 16.9 Å². The van der Waals surface area contributed by atoms with Crippen molar-refractivity contribution in [2.45, 2.75) is 6.92 Å². The van der Waals surface area contributed by atoms with Gasteiger partial charge in [-0.25, -0.2) is 4.99 Å². The average molecular weight is 273 g/mol. The highest BCUT2D eigenvalue weighted by molar-refractivity contribution is 7.18. The summed E-state index contributed by atoms with van der Waals surface area (Å²) in [6.07, 6.45) is 1.67. The normalized spacial score (nSPS) is 11.3. The maximum atomic E-state index is 5.70. The van der Waals surface area contributed by atoms with Gasteiger partial charge in [0.25, 0.3) is 0 Å². The van der Waals surface area contributed by atoms with Crippen LogP contribution in [0.2, 0.25) is 0 Å². The summed E-state index contributed by atoms with van der Waals surface area (Å²) in [5.41, 5.74) is 7.94. The van der Waals surface area contributed by atoms with Crippen LogP contribution >= 0.6 is 11.3 Å². The molecule has 0 fully saturated rings. The molecular formula is C13H15N5S. The van der Waals surface area contributed by atoms with Crippen molar-refractivity contribution >= 4 is 22.4 Å². The molecule has 3 N–H and O–H groups in total. The second-order valence-electron chi connectivity index (χ2n) is 3.87. The van der Waals surface area contributed by atoms with Gasteiger partial charge in [0.05, 0.1) is 6.54 Å². The first-order valence-electron chi connectivity index (χ1n) is 5.78. The molecule has 0 radical (unpaired) electrons. The Kier molecular flexibility index (Phi) is 4.25. The highest BCUT2D eigenvalue weighted by atomic mass is 32.1. The summed E-state index contributed by atoms with van der Waals surface area (Å²) >= 11 is 1.44. The van der Waals surface area contributed by atoms with Gasteiger partial charge in [0.2, 0.25) is 5.13 Å². The third-order valence-corrected chi connectivity index (χ3v) is 3.30. The van der Waals surface area contributed by atoms with Gasteiger partial charge in [0.15, 0.2) is 5.96 Å². The van der Waals surface area contributed by atoms with Gasteiger partial charge in [-0.3, -0.25) is 0 Å². The van der Waals surface area contributed by atoms with Crippen LogP contribution in [-0.2, 0) is 0 Å². The SMILES string of the molecule is C=CCN=C(N)Nc1nnc(-c2ccccc2C)s1. The highest BCUT2D eigenvalue weighted by Gasteiger charge is 2.08. The van der Waals surface area contributed by atoms with Crippen molar-refractivity contribution < 1.29 is 0 Å². The number of hydrogen-bond donors (Lipinski definition) is 2. The molecule has 2 aromatic rings. The largest absolute Gasteiger partial charge is 0.370 e. The fourth-order valence-corrected chi connectivity index (χ4v) is 2.35. The van der Waals surface area contributed by atoms with Gasteiger partial charge in [-0.1, -0.05) is 41.7 Å². The molecule has 0 aliphatic heterocycles. The molecule has 0 aliphatic rings. The lowest BCUT2D eigenvalue weighted by Gasteiger charge is -2.00. The van der Waals surface area contributed by atoms with Crippen molar-refractivity contribution in [1.82, 2.24) is 10.2 Å². The molecule has 0 saturated heterocycles. The second-order valence-corrected chi connectivity index (χ2v) is 4.84. The summed E-state index contributed by atoms with van der Waals surface area (Å²) in [6.45, 7) is 6.10. The molecule has 5 nitrogen and oxygen atoms in total. The molecular weight excluding hydrogens is 258 g/mol. The van der Waals surface area contributed by atoms with Crippen LogP contribution in [0.1, 0.15) is 5.56 Å². The van der Waals surface area contributed by atoms with Crippen LogP contribution in [0, 0.1) is 6.92 Å². The Labute approximate surface area is 115 Å². The number of nitrogens with one attached hydrogen (secondary N) is 1. The fourth-order valence-electron chi connectivity index (χ4n) is 1.51. The van der Waals surface area contributed by atoms with E-state index in [1.54, 1.807) is 6.08 Å². The number of nitrogens with two attached hydrogens (primary N) is 1. The third-order valence-electron chi connectivity index (χ3n) is 2.43. The van der Waals surface area contributed by atoms with Gasteiger partial charge in [0.1, 0.15) is 5.01 Å². The molecule has 0 unspecified atom stereocenters. The monoisotopic (exact) mass is 273 g/mol. The van der Waals surface area contributed by atoms with Crippen molar-refractivity contribution in [3.05, 3.63) is 42.5 Å². The zero-order chi connectivity index (χ0) is 13.7. The first-order chi connectivity index (χ1) is 9.20. The van der Waals surface area contributed by atoms with E-state index in [-0.39, 0.29) is 0 Å². The van der Waals surface area contributed by atoms with Crippen LogP contribution in [0.4, 0.5) is 5.13 Å². The number of rotatable bonds is 4. The van der Waals surface area contributed by atoms with Crippen LogP contribution in [0.5, 0.6) is 0 Å². The standard InChI is InChI=1S/C13H15N5S/c1-3-8-15-12(14)16-13-18-17-11(19-13)10-7-5-4-6-9(10)2/h3-7H,1,8H2,2H3,(H3,14,15,16,18). The Balaban J connectivity index is 2.16. The molecule has 2 rings (SSSR count). The molecule has 0 aliphatic carbocycles. The van der Waals surface area contributed by atoms with Crippen molar-refractivity contribution in [2.24, 2.45) is 10.7 Å². The predicted molar refractivity (Wildman–Crippen MR) is 80.4 cm³/mol. The Bertz CT molecular complexity index is 603. The molecule has 1 aromatic carbocycles. The lowest BCUT2D eigenvalue weighted by molar-refractivity contribution is 1.09. The predicted octanol–water partition coefficient (Wildman–Crippen LogP) is 2.43. The molecule has 0 atom stereocenters. The first kappa shape index (κ1) is 13.2. The lowest BCUT2D eigenvalue weighted by atomic mass is 10.1. The summed E-state index contributed by atoms with van der Waals surface area (Å²) in [4.78, 5) is 4.04. The van der Waals surface area contributed by atoms with Crippen molar-refractivity contribution in [1.29, 1.82) is 0 Å². The number of aliphatic imine (C=N–C) groups is 1. The minimum Gasteiger partial charge on any atom is -0.370 e. The zero-order valence-electron chi connectivity index (χ0n) is 10.6. The summed E-state index contributed by atoms with van der Waals surface area (Å²) in [6, 6.07) is 8.05. The van der Waals surface area contributed by atoms with Gasteiger partial charge in [-0.2, -0.15) is 0 Å². The number of anilines is 1. The molecule has 0 spiro atoms. The van der Waals surface area contributed by atoms with Gasteiger partial charge < -0.3 is 11.1 Å². The molecule has 6 heteroatoms. The maximum Gasteiger partial charge on any atom is 0.212 e. The summed E-state index contributed by atoms with van der Waals surface area (Å²) in [5.74, 6) is 0.312. The van der Waals surface area contributed by atoms with Gasteiger partial charge in [0, 0.05) is 5.56 Å². The summed E-state index contributed by atoms with van der Waals surface area (Å²) in [7, 11) is 0. The quantitative estimate of drug-likeness (QED) is 0.509. The number of nitrogens with zero attached hydrogens (tertiary/aromatic N) is 3. The van der Waals surface area contributed by atoms with E-state index in [4.69, 9.17) is 5.73 Å². The molecule has 0 bridgehead atoms. The number of hydrogen-bond acceptors (Lipinski definition) is 4. The molecule has 1 aromatic heterocycles. The van der Waals surface area contributed by atoms with E-state index in [0.717, 1.165) is 10.6 Å². The molecule has 0 saturated carbocycles. The molecule has 1 heterocycles. The third kappa shape index (κ3) is 3.38. The maximum absolute atomic E-state index is 5.70. The van der Waals surface area contributed by atoms with Crippen molar-refractivity contribution in [3.63, 3.8) is 0 Å². The van der Waals surface area contributed by atoms with Crippen molar-refractivity contribution in [3.8, 4) is 10.6 Å². The Morgan fingerprint density at radius 3 is 3.00 bits per heavy atom. The zero-order valence-corrected chi connectivity index (χ0v) is 11.4. The van der Waals surface area contributed by atoms with E-state index in [0.29, 0.717) is 17.6 Å². The van der Waals surface area contributed by atoms with Crippen molar-refractivity contribution in [2.75, 3.05) is 11.9 Å². The van der Waals surface area contributed by atoms with E-state index >= 15 is 0 Å². The summed E-state index contributed by atoms with van der Waals surface area (Å²) in [5, 5.41) is 12.6. The fraction of sp³-hybridized carbons (Fsp3) is 0.154. The van der Waals surface area contributed by atoms with Gasteiger partial charge in [-0.05, 0) is 12.5 Å². The van der Waals surface area contributed by atoms with Crippen LogP contribution in [0.3, 0.4) is 0 Å². The molecule has 0 amide bonds. The molecule has 98 valence electrons.